The van der Waals surface area contributed by atoms with Crippen molar-refractivity contribution in [3.05, 3.63) is 43.8 Å². The van der Waals surface area contributed by atoms with E-state index in [-0.39, 0.29) is 12.5 Å². The minimum absolute atomic E-state index is 0.0853. The Labute approximate surface area is 196 Å². The molecule has 1 aromatic heterocycles. The van der Waals surface area contributed by atoms with Gasteiger partial charge in [0.2, 0.25) is 5.13 Å². The first-order valence-electron chi connectivity index (χ1n) is 9.21. The summed E-state index contributed by atoms with van der Waals surface area (Å²) in [4.78, 5) is 17.2. The molecule has 1 amide bonds. The van der Waals surface area contributed by atoms with Gasteiger partial charge in [0.25, 0.3) is 5.91 Å². The number of halogens is 2. The van der Waals surface area contributed by atoms with Crippen LogP contribution in [0.1, 0.15) is 30.5 Å². The molecule has 3 aromatic rings. The van der Waals surface area contributed by atoms with Crippen LogP contribution in [0.25, 0.3) is 10.2 Å². The first-order chi connectivity index (χ1) is 14.2. The Morgan fingerprint density at radius 1 is 1.17 bits per heavy atom. The molecule has 0 bridgehead atoms. The zero-order valence-corrected chi connectivity index (χ0v) is 21.3. The number of hydrogen-bond donors (Lipinski definition) is 2. The van der Waals surface area contributed by atoms with E-state index in [0.717, 1.165) is 52.4 Å². The van der Waals surface area contributed by atoms with E-state index in [4.69, 9.17) is 4.74 Å². The summed E-state index contributed by atoms with van der Waals surface area (Å²) in [5, 5.41) is 7.92. The van der Waals surface area contributed by atoms with E-state index in [2.05, 4.69) is 52.7 Å². The second-order valence-corrected chi connectivity index (χ2v) is 9.87. The lowest BCUT2D eigenvalue weighted by atomic mass is 10.1. The molecule has 1 heterocycles. The van der Waals surface area contributed by atoms with Crippen molar-refractivity contribution in [1.29, 1.82) is 0 Å². The molecule has 3 rings (SSSR count). The highest BCUT2D eigenvalue weighted by atomic mass is 79.9. The number of aromatic nitrogens is 1. The number of nitrogens with zero attached hydrogens (tertiary/aromatic N) is 2. The molecule has 30 heavy (non-hydrogen) atoms. The van der Waals surface area contributed by atoms with Crippen LogP contribution >= 0.6 is 43.2 Å². The van der Waals surface area contributed by atoms with E-state index in [9.17, 15) is 4.79 Å². The molecule has 0 spiro atoms. The number of hydrazone groups is 1. The molecule has 0 atom stereocenters. The average molecular weight is 554 g/mol. The summed E-state index contributed by atoms with van der Waals surface area (Å²) < 4.78 is 8.52. The largest absolute Gasteiger partial charge is 0.482 e. The van der Waals surface area contributed by atoms with Gasteiger partial charge in [-0.3, -0.25) is 10.2 Å². The van der Waals surface area contributed by atoms with Crippen molar-refractivity contribution in [2.75, 3.05) is 17.3 Å². The number of carbonyl (C=O) groups excluding carboxylic acids is 1. The molecule has 0 aliphatic carbocycles. The number of thiazole rings is 1. The number of rotatable bonds is 6. The van der Waals surface area contributed by atoms with Crippen LogP contribution in [0, 0.1) is 20.8 Å². The Balaban J connectivity index is 1.78. The van der Waals surface area contributed by atoms with Crippen LogP contribution in [-0.4, -0.2) is 23.2 Å². The number of hydrogen-bond acceptors (Lipinski definition) is 6. The summed E-state index contributed by atoms with van der Waals surface area (Å²) in [6, 6.07) is 5.81. The van der Waals surface area contributed by atoms with E-state index in [1.165, 1.54) is 11.3 Å². The van der Waals surface area contributed by atoms with Crippen molar-refractivity contribution in [3.63, 3.8) is 0 Å². The normalized spacial score (nSPS) is 10.8. The number of aryl methyl sites for hydroxylation is 3. The molecule has 0 fully saturated rings. The molecular weight excluding hydrogens is 532 g/mol. The predicted molar refractivity (Wildman–Crippen MR) is 132 cm³/mol. The highest BCUT2D eigenvalue weighted by Crippen LogP contribution is 2.35. The Morgan fingerprint density at radius 2 is 1.90 bits per heavy atom. The van der Waals surface area contributed by atoms with Crippen molar-refractivity contribution in [2.45, 2.75) is 34.6 Å². The van der Waals surface area contributed by atoms with E-state index in [0.29, 0.717) is 5.75 Å². The maximum atomic E-state index is 12.6. The third-order valence-corrected chi connectivity index (χ3v) is 6.44. The lowest BCUT2D eigenvalue weighted by molar-refractivity contribution is -0.118. The first kappa shape index (κ1) is 22.7. The van der Waals surface area contributed by atoms with Gasteiger partial charge >= 0.3 is 0 Å². The summed E-state index contributed by atoms with van der Waals surface area (Å²) in [6.45, 7) is 9.62. The monoisotopic (exact) mass is 552 g/mol. The van der Waals surface area contributed by atoms with Crippen LogP contribution in [-0.2, 0) is 4.79 Å². The smallest absolute Gasteiger partial charge is 0.262 e. The van der Waals surface area contributed by atoms with Crippen LogP contribution in [0.4, 0.5) is 10.8 Å². The fourth-order valence-corrected chi connectivity index (χ4v) is 5.42. The number of benzene rings is 2. The molecule has 9 heteroatoms. The number of anilines is 2. The van der Waals surface area contributed by atoms with E-state index >= 15 is 0 Å². The van der Waals surface area contributed by atoms with Gasteiger partial charge in [0.05, 0.1) is 14.7 Å². The van der Waals surface area contributed by atoms with Crippen molar-refractivity contribution in [1.82, 2.24) is 4.98 Å². The lowest BCUT2D eigenvalue weighted by Crippen LogP contribution is -2.21. The van der Waals surface area contributed by atoms with Crippen LogP contribution in [0.3, 0.4) is 0 Å². The van der Waals surface area contributed by atoms with E-state index < -0.39 is 0 Å². The minimum Gasteiger partial charge on any atom is -0.482 e. The van der Waals surface area contributed by atoms with Gasteiger partial charge in [0.1, 0.15) is 5.75 Å². The standard InChI is InChI=1S/C21H22Br2N4O2S/c1-10(2)26-27-21-24-16-7-11(3)18(13(5)20(16)30-21)25-17(28)9-29-19-12(4)6-14(22)8-15(19)23/h6-8H,9H2,1-5H3,(H,24,27)(H,25,28). The average Bonchev–Trinajstić information content (AvgIpc) is 3.05. The van der Waals surface area contributed by atoms with Crippen LogP contribution in [0.5, 0.6) is 5.75 Å². The third kappa shape index (κ3) is 5.19. The fraction of sp³-hybridized carbons (Fsp3) is 0.286. The van der Waals surface area contributed by atoms with Gasteiger partial charge in [0, 0.05) is 15.9 Å². The molecule has 6 nitrogen and oxygen atoms in total. The molecule has 0 aliphatic rings. The van der Waals surface area contributed by atoms with Gasteiger partial charge in [-0.2, -0.15) is 5.10 Å². The maximum absolute atomic E-state index is 12.6. The molecular formula is C21H22Br2N4O2S. The molecule has 0 saturated heterocycles. The summed E-state index contributed by atoms with van der Waals surface area (Å²) in [6.07, 6.45) is 0. The van der Waals surface area contributed by atoms with Crippen LogP contribution in [0.2, 0.25) is 0 Å². The van der Waals surface area contributed by atoms with Gasteiger partial charge in [-0.05, 0) is 85.4 Å². The van der Waals surface area contributed by atoms with Gasteiger partial charge in [-0.25, -0.2) is 4.98 Å². The highest BCUT2D eigenvalue weighted by Gasteiger charge is 2.16. The highest BCUT2D eigenvalue weighted by molar-refractivity contribution is 9.11. The maximum Gasteiger partial charge on any atom is 0.262 e. The molecule has 0 unspecified atom stereocenters. The number of fused-ring (bicyclic) bond motifs is 1. The molecule has 2 N–H and O–H groups in total. The Morgan fingerprint density at radius 3 is 2.57 bits per heavy atom. The Kier molecular flexibility index (Phi) is 7.15. The summed E-state index contributed by atoms with van der Waals surface area (Å²) in [7, 11) is 0. The number of carbonyl (C=O) groups is 1. The second-order valence-electron chi connectivity index (χ2n) is 7.10. The zero-order chi connectivity index (χ0) is 22.0. The topological polar surface area (TPSA) is 75.6 Å². The quantitative estimate of drug-likeness (QED) is 0.267. The third-order valence-electron chi connectivity index (χ3n) is 4.30. The second kappa shape index (κ2) is 9.45. The summed E-state index contributed by atoms with van der Waals surface area (Å²) in [5.41, 5.74) is 8.42. The Hall–Kier alpha value is -1.97. The summed E-state index contributed by atoms with van der Waals surface area (Å²) >= 11 is 8.44. The van der Waals surface area contributed by atoms with Gasteiger partial charge < -0.3 is 10.1 Å². The SMILES string of the molecule is CC(C)=NNc1nc2cc(C)c(NC(=O)COc3c(C)cc(Br)cc3Br)c(C)c2s1. The van der Waals surface area contributed by atoms with Crippen molar-refractivity contribution in [3.8, 4) is 5.75 Å². The van der Waals surface area contributed by atoms with E-state index in [1.54, 1.807) is 0 Å². The van der Waals surface area contributed by atoms with E-state index in [1.807, 2.05) is 52.8 Å². The van der Waals surface area contributed by atoms with Crippen LogP contribution < -0.4 is 15.5 Å². The number of ether oxygens (including phenoxy) is 1. The lowest BCUT2D eigenvalue weighted by Gasteiger charge is -2.14. The van der Waals surface area contributed by atoms with Gasteiger partial charge in [-0.1, -0.05) is 27.3 Å². The zero-order valence-electron chi connectivity index (χ0n) is 17.3. The van der Waals surface area contributed by atoms with Crippen molar-refractivity contribution < 1.29 is 9.53 Å². The Bertz CT molecular complexity index is 1130. The molecule has 0 radical (unpaired) electrons. The number of nitrogens with one attached hydrogen (secondary N) is 2. The minimum atomic E-state index is -0.219. The predicted octanol–water partition coefficient (Wildman–Crippen LogP) is 6.57. The van der Waals surface area contributed by atoms with Gasteiger partial charge in [0.15, 0.2) is 6.61 Å². The first-order valence-corrected chi connectivity index (χ1v) is 11.6. The van der Waals surface area contributed by atoms with Crippen LogP contribution in [0.15, 0.2) is 32.2 Å². The number of amides is 1. The fourth-order valence-electron chi connectivity index (χ4n) is 2.97. The molecule has 158 valence electrons. The molecule has 0 saturated carbocycles. The molecule has 2 aromatic carbocycles. The summed E-state index contributed by atoms with van der Waals surface area (Å²) in [5.74, 6) is 0.436. The van der Waals surface area contributed by atoms with Crippen molar-refractivity contribution >= 4 is 75.9 Å². The van der Waals surface area contributed by atoms with Gasteiger partial charge in [-0.15, -0.1) is 0 Å². The molecule has 0 aliphatic heterocycles. The van der Waals surface area contributed by atoms with Crippen molar-refractivity contribution in [2.24, 2.45) is 5.10 Å².